The number of carbonyl (C=O) groups excluding carboxylic acids is 2. The molecule has 43 heavy (non-hydrogen) atoms. The van der Waals surface area contributed by atoms with Crippen LogP contribution in [0.1, 0.15) is 26.3 Å². The zero-order valence-electron chi connectivity index (χ0n) is 24.2. The van der Waals surface area contributed by atoms with Crippen molar-refractivity contribution in [2.75, 3.05) is 36.8 Å². The van der Waals surface area contributed by atoms with Crippen molar-refractivity contribution in [3.8, 4) is 11.3 Å². The molecular weight excluding hydrogens is 573 g/mol. The number of rotatable bonds is 6. The van der Waals surface area contributed by atoms with Crippen LogP contribution in [0.5, 0.6) is 0 Å². The van der Waals surface area contributed by atoms with Crippen molar-refractivity contribution in [2.24, 2.45) is 0 Å². The zero-order chi connectivity index (χ0) is 30.7. The summed E-state index contributed by atoms with van der Waals surface area (Å²) in [5.41, 5.74) is 8.72. The number of carbonyl (C=O) groups is 2. The SMILES string of the molecule is CC(C)(C)OC(=O)NC(Cc1ccc(Cl)cc1)C(=O)N1CCN(c2nc(N)nc3ccc(-c4ccc(F)cc4)nc23)CC1. The molecule has 4 aromatic rings. The Balaban J connectivity index is 1.34. The minimum atomic E-state index is -0.835. The minimum absolute atomic E-state index is 0.113. The molecule has 0 radical (unpaired) electrons. The van der Waals surface area contributed by atoms with Crippen molar-refractivity contribution in [2.45, 2.75) is 38.8 Å². The highest BCUT2D eigenvalue weighted by Crippen LogP contribution is 2.28. The molecule has 1 aliphatic heterocycles. The number of ether oxygens (including phenoxy) is 1. The number of alkyl carbamates (subject to hydrolysis) is 1. The lowest BCUT2D eigenvalue weighted by Gasteiger charge is -2.37. The molecule has 224 valence electrons. The van der Waals surface area contributed by atoms with Gasteiger partial charge in [0.05, 0.1) is 11.2 Å². The smallest absolute Gasteiger partial charge is 0.408 e. The number of pyridine rings is 1. The monoisotopic (exact) mass is 605 g/mol. The van der Waals surface area contributed by atoms with Gasteiger partial charge < -0.3 is 25.6 Å². The fraction of sp³-hybridized carbons (Fsp3) is 0.323. The van der Waals surface area contributed by atoms with Crippen molar-refractivity contribution in [3.63, 3.8) is 0 Å². The first-order chi connectivity index (χ1) is 20.4. The van der Waals surface area contributed by atoms with Gasteiger partial charge in [-0.3, -0.25) is 4.79 Å². The molecule has 2 aromatic heterocycles. The summed E-state index contributed by atoms with van der Waals surface area (Å²) < 4.78 is 18.9. The van der Waals surface area contributed by atoms with Gasteiger partial charge in [-0.15, -0.1) is 0 Å². The molecule has 2 amide bonds. The predicted octanol–water partition coefficient (Wildman–Crippen LogP) is 4.85. The fourth-order valence-corrected chi connectivity index (χ4v) is 5.01. The first-order valence-corrected chi connectivity index (χ1v) is 14.3. The molecule has 5 rings (SSSR count). The molecule has 3 N–H and O–H groups in total. The van der Waals surface area contributed by atoms with Gasteiger partial charge >= 0.3 is 6.09 Å². The van der Waals surface area contributed by atoms with Crippen molar-refractivity contribution >= 4 is 46.4 Å². The van der Waals surface area contributed by atoms with Crippen molar-refractivity contribution < 1.29 is 18.7 Å². The van der Waals surface area contributed by atoms with Gasteiger partial charge in [0.15, 0.2) is 5.82 Å². The van der Waals surface area contributed by atoms with Gasteiger partial charge in [-0.25, -0.2) is 19.2 Å². The fourth-order valence-electron chi connectivity index (χ4n) is 4.88. The Hall–Kier alpha value is -4.51. The number of piperazine rings is 1. The highest BCUT2D eigenvalue weighted by Gasteiger charge is 2.31. The van der Waals surface area contributed by atoms with Crippen molar-refractivity contribution in [1.29, 1.82) is 0 Å². The number of hydrogen-bond acceptors (Lipinski definition) is 8. The summed E-state index contributed by atoms with van der Waals surface area (Å²) in [4.78, 5) is 43.8. The number of nitrogens with zero attached hydrogens (tertiary/aromatic N) is 5. The Morgan fingerprint density at radius 3 is 2.30 bits per heavy atom. The second kappa shape index (κ2) is 12.4. The molecule has 10 nitrogen and oxygen atoms in total. The number of amides is 2. The van der Waals surface area contributed by atoms with E-state index in [9.17, 15) is 14.0 Å². The highest BCUT2D eigenvalue weighted by atomic mass is 35.5. The van der Waals surface area contributed by atoms with Crippen LogP contribution in [0.3, 0.4) is 0 Å². The number of nitrogen functional groups attached to an aromatic ring is 1. The quantitative estimate of drug-likeness (QED) is 0.319. The van der Waals surface area contributed by atoms with Crippen LogP contribution in [0.15, 0.2) is 60.7 Å². The average molecular weight is 606 g/mol. The van der Waals surface area contributed by atoms with E-state index in [2.05, 4.69) is 15.3 Å². The van der Waals surface area contributed by atoms with Crippen LogP contribution < -0.4 is 16.0 Å². The molecule has 0 spiro atoms. The van der Waals surface area contributed by atoms with Gasteiger partial charge in [0.2, 0.25) is 11.9 Å². The normalized spacial score (nSPS) is 14.4. The largest absolute Gasteiger partial charge is 0.444 e. The standard InChI is InChI=1S/C31H33ClFN7O3/c1-31(2,3)43-30(42)37-25(18-19-4-8-21(32)9-5-19)28(41)40-16-14-39(15-17-40)27-26-24(36-29(34)38-27)13-12-23(35-26)20-6-10-22(33)11-7-20/h4-13,25H,14-18H2,1-3H3,(H,37,42)(H2,34,36,38). The van der Waals surface area contributed by atoms with Gasteiger partial charge in [-0.2, -0.15) is 4.98 Å². The zero-order valence-corrected chi connectivity index (χ0v) is 24.9. The summed E-state index contributed by atoms with van der Waals surface area (Å²) in [7, 11) is 0. The number of aromatic nitrogens is 3. The Morgan fingerprint density at radius 2 is 1.65 bits per heavy atom. The predicted molar refractivity (Wildman–Crippen MR) is 164 cm³/mol. The molecule has 0 saturated carbocycles. The topological polar surface area (TPSA) is 127 Å². The molecular formula is C31H33ClFN7O3. The molecule has 1 fully saturated rings. The van der Waals surface area contributed by atoms with Crippen molar-refractivity contribution in [3.05, 3.63) is 77.1 Å². The van der Waals surface area contributed by atoms with E-state index in [1.54, 1.807) is 56.0 Å². The molecule has 1 saturated heterocycles. The summed E-state index contributed by atoms with van der Waals surface area (Å²) in [6, 6.07) is 16.0. The third-order valence-corrected chi connectivity index (χ3v) is 7.17. The van der Waals surface area contributed by atoms with Gasteiger partial charge in [-0.05, 0) is 74.9 Å². The third kappa shape index (κ3) is 7.47. The van der Waals surface area contributed by atoms with E-state index in [-0.39, 0.29) is 24.1 Å². The van der Waals surface area contributed by atoms with Crippen LogP contribution in [0.2, 0.25) is 5.02 Å². The lowest BCUT2D eigenvalue weighted by Crippen LogP contribution is -2.56. The Labute approximate surface area is 254 Å². The molecule has 12 heteroatoms. The number of anilines is 2. The summed E-state index contributed by atoms with van der Waals surface area (Å²) in [6.07, 6.45) is -0.386. The maximum atomic E-state index is 13.7. The number of benzene rings is 2. The van der Waals surface area contributed by atoms with E-state index in [1.165, 1.54) is 12.1 Å². The van der Waals surface area contributed by atoms with E-state index < -0.39 is 17.7 Å². The Morgan fingerprint density at radius 1 is 0.977 bits per heavy atom. The molecule has 1 aliphatic rings. The van der Waals surface area contributed by atoms with Gasteiger partial charge in [0.1, 0.15) is 23.0 Å². The first-order valence-electron chi connectivity index (χ1n) is 13.9. The minimum Gasteiger partial charge on any atom is -0.444 e. The number of nitrogens with two attached hydrogens (primary N) is 1. The van der Waals surface area contributed by atoms with Gasteiger partial charge in [-0.1, -0.05) is 23.7 Å². The van der Waals surface area contributed by atoms with E-state index in [0.29, 0.717) is 53.7 Å². The van der Waals surface area contributed by atoms with Gasteiger partial charge in [0, 0.05) is 43.2 Å². The number of hydrogen-bond donors (Lipinski definition) is 2. The molecule has 3 heterocycles. The second-order valence-corrected chi connectivity index (χ2v) is 11.8. The summed E-state index contributed by atoms with van der Waals surface area (Å²) in [5, 5.41) is 3.35. The maximum Gasteiger partial charge on any atom is 0.408 e. The van der Waals surface area contributed by atoms with E-state index in [4.69, 9.17) is 27.1 Å². The number of nitrogens with one attached hydrogen (secondary N) is 1. The van der Waals surface area contributed by atoms with Crippen LogP contribution >= 0.6 is 11.6 Å². The van der Waals surface area contributed by atoms with Crippen LogP contribution in [0, 0.1) is 5.82 Å². The second-order valence-electron chi connectivity index (χ2n) is 11.3. The molecule has 1 unspecified atom stereocenters. The maximum absolute atomic E-state index is 13.7. The van der Waals surface area contributed by atoms with Gasteiger partial charge in [0.25, 0.3) is 0 Å². The summed E-state index contributed by atoms with van der Waals surface area (Å²) in [6.45, 7) is 6.98. The summed E-state index contributed by atoms with van der Waals surface area (Å²) >= 11 is 6.04. The van der Waals surface area contributed by atoms with Crippen LogP contribution in [-0.4, -0.2) is 69.7 Å². The molecule has 0 bridgehead atoms. The van der Waals surface area contributed by atoms with Crippen LogP contribution in [-0.2, 0) is 16.0 Å². The molecule has 2 aromatic carbocycles. The highest BCUT2D eigenvalue weighted by molar-refractivity contribution is 6.30. The number of halogens is 2. The lowest BCUT2D eigenvalue weighted by atomic mass is 10.0. The van der Waals surface area contributed by atoms with E-state index in [1.807, 2.05) is 23.1 Å². The number of fused-ring (bicyclic) bond motifs is 1. The third-order valence-electron chi connectivity index (χ3n) is 6.91. The molecule has 0 aliphatic carbocycles. The average Bonchev–Trinajstić information content (AvgIpc) is 2.96. The summed E-state index contributed by atoms with van der Waals surface area (Å²) in [5.74, 6) is 0.125. The van der Waals surface area contributed by atoms with Crippen LogP contribution in [0.4, 0.5) is 21.0 Å². The van der Waals surface area contributed by atoms with E-state index in [0.717, 1.165) is 11.1 Å². The first kappa shape index (κ1) is 30.0. The van der Waals surface area contributed by atoms with Crippen LogP contribution in [0.25, 0.3) is 22.3 Å². The molecule has 1 atom stereocenters. The van der Waals surface area contributed by atoms with E-state index >= 15 is 0 Å². The Bertz CT molecular complexity index is 1620. The lowest BCUT2D eigenvalue weighted by molar-refractivity contribution is -0.133. The van der Waals surface area contributed by atoms with Crippen molar-refractivity contribution in [1.82, 2.24) is 25.2 Å². The Kier molecular flexibility index (Phi) is 8.63.